The number of benzene rings is 1. The van der Waals surface area contributed by atoms with E-state index in [4.69, 9.17) is 9.52 Å². The Morgan fingerprint density at radius 1 is 1.39 bits per heavy atom. The van der Waals surface area contributed by atoms with Crippen molar-refractivity contribution in [1.29, 1.82) is 0 Å². The smallest absolute Gasteiger partial charge is 0.322 e. The van der Waals surface area contributed by atoms with Gasteiger partial charge in [-0.1, -0.05) is 0 Å². The molecule has 0 amide bonds. The van der Waals surface area contributed by atoms with E-state index in [2.05, 4.69) is 5.32 Å². The van der Waals surface area contributed by atoms with Gasteiger partial charge in [-0.15, -0.1) is 0 Å². The zero-order valence-electron chi connectivity index (χ0n) is 9.74. The lowest BCUT2D eigenvalue weighted by Gasteiger charge is -2.06. The Morgan fingerprint density at radius 3 is 2.78 bits per heavy atom. The summed E-state index contributed by atoms with van der Waals surface area (Å²) in [5, 5.41) is 11.1. The van der Waals surface area contributed by atoms with Gasteiger partial charge in [-0.25, -0.2) is 4.39 Å². The molecule has 0 aliphatic rings. The second kappa shape index (κ2) is 4.91. The molecule has 0 saturated heterocycles. The molecule has 0 aliphatic carbocycles. The fourth-order valence-corrected chi connectivity index (χ4v) is 1.57. The van der Waals surface area contributed by atoms with Crippen LogP contribution in [-0.2, 0) is 4.79 Å². The maximum absolute atomic E-state index is 13.5. The number of aryl methyl sites for hydroxylation is 1. The minimum Gasteiger partial charge on any atom is -0.480 e. The molecule has 2 aromatic rings. The highest BCUT2D eigenvalue weighted by Gasteiger charge is 2.08. The van der Waals surface area contributed by atoms with Crippen molar-refractivity contribution in [3.05, 3.63) is 41.9 Å². The molecule has 4 nitrogen and oxygen atoms in total. The van der Waals surface area contributed by atoms with E-state index in [1.165, 1.54) is 12.1 Å². The van der Waals surface area contributed by atoms with Crippen LogP contribution in [0.3, 0.4) is 0 Å². The van der Waals surface area contributed by atoms with E-state index in [0.717, 1.165) is 5.76 Å². The highest BCUT2D eigenvalue weighted by molar-refractivity contribution is 5.74. The summed E-state index contributed by atoms with van der Waals surface area (Å²) in [4.78, 5) is 10.4. The van der Waals surface area contributed by atoms with Crippen molar-refractivity contribution in [3.8, 4) is 11.3 Å². The number of carboxylic acid groups (broad SMARTS) is 1. The molecule has 1 aromatic heterocycles. The van der Waals surface area contributed by atoms with E-state index >= 15 is 0 Å². The van der Waals surface area contributed by atoms with E-state index in [-0.39, 0.29) is 12.2 Å². The molecule has 94 valence electrons. The first-order valence-electron chi connectivity index (χ1n) is 5.38. The number of nitrogens with one attached hydrogen (secondary N) is 1. The Bertz CT molecular complexity index is 577. The van der Waals surface area contributed by atoms with Crippen molar-refractivity contribution in [2.24, 2.45) is 0 Å². The van der Waals surface area contributed by atoms with Crippen LogP contribution in [0, 0.1) is 12.7 Å². The third kappa shape index (κ3) is 2.68. The molecule has 0 fully saturated rings. The molecule has 0 atom stereocenters. The van der Waals surface area contributed by atoms with Gasteiger partial charge in [0.05, 0.1) is 5.69 Å². The average molecular weight is 249 g/mol. The summed E-state index contributed by atoms with van der Waals surface area (Å²) in [5.74, 6) is -0.169. The largest absolute Gasteiger partial charge is 0.480 e. The highest BCUT2D eigenvalue weighted by Crippen LogP contribution is 2.26. The molecular weight excluding hydrogens is 237 g/mol. The summed E-state index contributed by atoms with van der Waals surface area (Å²) in [6.45, 7) is 1.48. The topological polar surface area (TPSA) is 62.5 Å². The van der Waals surface area contributed by atoms with Gasteiger partial charge >= 0.3 is 5.97 Å². The van der Waals surface area contributed by atoms with Gasteiger partial charge in [-0.2, -0.15) is 0 Å². The van der Waals surface area contributed by atoms with Crippen LogP contribution in [0.1, 0.15) is 5.76 Å². The first-order chi connectivity index (χ1) is 8.56. The molecule has 18 heavy (non-hydrogen) atoms. The zero-order valence-corrected chi connectivity index (χ0v) is 9.74. The Kier molecular flexibility index (Phi) is 3.32. The molecule has 1 aromatic carbocycles. The molecule has 1 heterocycles. The number of carbonyl (C=O) groups is 1. The molecule has 2 N–H and O–H groups in total. The van der Waals surface area contributed by atoms with Crippen molar-refractivity contribution in [3.63, 3.8) is 0 Å². The summed E-state index contributed by atoms with van der Waals surface area (Å²) in [7, 11) is 0. The minimum atomic E-state index is -1.05. The second-order valence-electron chi connectivity index (χ2n) is 3.85. The summed E-state index contributed by atoms with van der Waals surface area (Å²) >= 11 is 0. The first-order valence-corrected chi connectivity index (χ1v) is 5.38. The third-order valence-corrected chi connectivity index (χ3v) is 2.42. The number of rotatable bonds is 4. The Labute approximate surface area is 103 Å². The SMILES string of the molecule is Cc1ccc(-c2ccc(F)c(NCC(=O)O)c2)o1. The first kappa shape index (κ1) is 12.2. The number of furan rings is 1. The molecule has 2 rings (SSSR count). The van der Waals surface area contributed by atoms with Gasteiger partial charge < -0.3 is 14.8 Å². The van der Waals surface area contributed by atoms with Crippen LogP contribution in [0.2, 0.25) is 0 Å². The van der Waals surface area contributed by atoms with E-state index in [1.807, 2.05) is 13.0 Å². The molecular formula is C13H12FNO3. The Hall–Kier alpha value is -2.30. The normalized spacial score (nSPS) is 10.3. The maximum atomic E-state index is 13.5. The average Bonchev–Trinajstić information content (AvgIpc) is 2.74. The van der Waals surface area contributed by atoms with E-state index < -0.39 is 11.8 Å². The molecule has 0 unspecified atom stereocenters. The molecule has 0 aliphatic heterocycles. The molecule has 5 heteroatoms. The van der Waals surface area contributed by atoms with Crippen molar-refractivity contribution in [2.75, 3.05) is 11.9 Å². The number of hydrogen-bond donors (Lipinski definition) is 2. The summed E-state index contributed by atoms with van der Waals surface area (Å²) in [6, 6.07) is 7.97. The van der Waals surface area contributed by atoms with Crippen LogP contribution in [0.4, 0.5) is 10.1 Å². The van der Waals surface area contributed by atoms with Gasteiger partial charge in [0.1, 0.15) is 23.9 Å². The second-order valence-corrected chi connectivity index (χ2v) is 3.85. The highest BCUT2D eigenvalue weighted by atomic mass is 19.1. The monoisotopic (exact) mass is 249 g/mol. The van der Waals surface area contributed by atoms with Gasteiger partial charge in [0.25, 0.3) is 0 Å². The predicted molar refractivity (Wildman–Crippen MR) is 65.0 cm³/mol. The van der Waals surface area contributed by atoms with Crippen LogP contribution < -0.4 is 5.32 Å². The van der Waals surface area contributed by atoms with E-state index in [9.17, 15) is 9.18 Å². The third-order valence-electron chi connectivity index (χ3n) is 2.42. The fraction of sp³-hybridized carbons (Fsp3) is 0.154. The van der Waals surface area contributed by atoms with Crippen molar-refractivity contribution < 1.29 is 18.7 Å². The maximum Gasteiger partial charge on any atom is 0.322 e. The van der Waals surface area contributed by atoms with Crippen LogP contribution in [0.5, 0.6) is 0 Å². The van der Waals surface area contributed by atoms with Crippen LogP contribution in [0.25, 0.3) is 11.3 Å². The lowest BCUT2D eigenvalue weighted by molar-refractivity contribution is -0.134. The van der Waals surface area contributed by atoms with Gasteiger partial charge in [0.15, 0.2) is 0 Å². The van der Waals surface area contributed by atoms with E-state index in [0.29, 0.717) is 11.3 Å². The standard InChI is InChI=1S/C13H12FNO3/c1-8-2-5-12(18-8)9-3-4-10(14)11(6-9)15-7-13(16)17/h2-6,15H,7H2,1H3,(H,16,17). The number of carboxylic acids is 1. The van der Waals surface area contributed by atoms with Gasteiger partial charge in [-0.05, 0) is 37.3 Å². The Morgan fingerprint density at radius 2 is 2.17 bits per heavy atom. The predicted octanol–water partition coefficient (Wildman–Crippen LogP) is 2.89. The number of anilines is 1. The molecule has 0 spiro atoms. The fourth-order valence-electron chi connectivity index (χ4n) is 1.57. The quantitative estimate of drug-likeness (QED) is 0.874. The summed E-state index contributed by atoms with van der Waals surface area (Å²) in [5.41, 5.74) is 0.835. The zero-order chi connectivity index (χ0) is 13.1. The number of hydrogen-bond acceptors (Lipinski definition) is 3. The lowest BCUT2D eigenvalue weighted by Crippen LogP contribution is -2.13. The van der Waals surface area contributed by atoms with Crippen LogP contribution in [-0.4, -0.2) is 17.6 Å². The van der Waals surface area contributed by atoms with Crippen molar-refractivity contribution in [1.82, 2.24) is 0 Å². The summed E-state index contributed by atoms with van der Waals surface area (Å²) in [6.07, 6.45) is 0. The minimum absolute atomic E-state index is 0.143. The summed E-state index contributed by atoms with van der Waals surface area (Å²) < 4.78 is 18.9. The van der Waals surface area contributed by atoms with Crippen LogP contribution in [0.15, 0.2) is 34.7 Å². The Balaban J connectivity index is 2.28. The van der Waals surface area contributed by atoms with Crippen LogP contribution >= 0.6 is 0 Å². The molecule has 0 radical (unpaired) electrons. The van der Waals surface area contributed by atoms with Gasteiger partial charge in [0, 0.05) is 5.56 Å². The molecule has 0 saturated carbocycles. The van der Waals surface area contributed by atoms with Crippen molar-refractivity contribution in [2.45, 2.75) is 6.92 Å². The van der Waals surface area contributed by atoms with Gasteiger partial charge in [-0.3, -0.25) is 4.79 Å². The van der Waals surface area contributed by atoms with E-state index in [1.54, 1.807) is 12.1 Å². The lowest BCUT2D eigenvalue weighted by atomic mass is 10.1. The number of halogens is 1. The number of aliphatic carboxylic acids is 1. The van der Waals surface area contributed by atoms with Gasteiger partial charge in [0.2, 0.25) is 0 Å². The molecule has 0 bridgehead atoms. The van der Waals surface area contributed by atoms with Crippen molar-refractivity contribution >= 4 is 11.7 Å².